The van der Waals surface area contributed by atoms with Crippen LogP contribution in [0.2, 0.25) is 0 Å². The topological polar surface area (TPSA) is 12.9 Å². The van der Waals surface area contributed by atoms with Crippen LogP contribution in [0.25, 0.3) is 0 Å². The molecule has 0 radical (unpaired) electrons. The lowest BCUT2D eigenvalue weighted by atomic mass is 9.90. The molecule has 0 saturated carbocycles. The highest BCUT2D eigenvalue weighted by Gasteiger charge is 2.17. The fourth-order valence-electron chi connectivity index (χ4n) is 1.20. The summed E-state index contributed by atoms with van der Waals surface area (Å²) < 4.78 is 13.2. The summed E-state index contributed by atoms with van der Waals surface area (Å²) in [5.74, 6) is -0.187. The largest absolute Gasteiger partial charge is 0.255 e. The van der Waals surface area contributed by atoms with E-state index in [1.54, 1.807) is 13.8 Å². The first-order chi connectivity index (χ1) is 5.82. The number of aryl methyl sites for hydroxylation is 2. The van der Waals surface area contributed by atoms with Crippen molar-refractivity contribution in [2.45, 2.75) is 40.0 Å². The van der Waals surface area contributed by atoms with Gasteiger partial charge < -0.3 is 0 Å². The molecule has 0 fully saturated rings. The van der Waals surface area contributed by atoms with Crippen molar-refractivity contribution in [2.75, 3.05) is 0 Å². The van der Waals surface area contributed by atoms with Gasteiger partial charge in [0, 0.05) is 11.1 Å². The van der Waals surface area contributed by atoms with E-state index in [2.05, 4.69) is 25.8 Å². The van der Waals surface area contributed by atoms with Gasteiger partial charge in [0.1, 0.15) is 5.82 Å². The molecule has 0 amide bonds. The van der Waals surface area contributed by atoms with Crippen LogP contribution in [0.1, 0.15) is 37.7 Å². The van der Waals surface area contributed by atoms with E-state index in [0.29, 0.717) is 11.3 Å². The first kappa shape index (κ1) is 10.2. The molecule has 0 bridgehead atoms. The van der Waals surface area contributed by atoms with Crippen LogP contribution >= 0.6 is 0 Å². The van der Waals surface area contributed by atoms with Gasteiger partial charge in [-0.3, -0.25) is 4.98 Å². The van der Waals surface area contributed by atoms with Gasteiger partial charge in [-0.25, -0.2) is 4.39 Å². The molecule has 0 aliphatic rings. The molecule has 1 rings (SSSR count). The standard InChI is InChI=1S/C11H16FN/c1-7-6-9(11(3,4)5)13-8(2)10(7)12/h6H,1-5H3. The van der Waals surface area contributed by atoms with Gasteiger partial charge in [-0.2, -0.15) is 0 Å². The highest BCUT2D eigenvalue weighted by Crippen LogP contribution is 2.22. The van der Waals surface area contributed by atoms with Crippen molar-refractivity contribution in [1.29, 1.82) is 0 Å². The lowest BCUT2D eigenvalue weighted by molar-refractivity contribution is 0.547. The second-order valence-electron chi connectivity index (χ2n) is 4.47. The average Bonchev–Trinajstić information content (AvgIpc) is 1.97. The Labute approximate surface area is 79.0 Å². The number of aromatic nitrogens is 1. The SMILES string of the molecule is Cc1cc(C(C)(C)C)nc(C)c1F. The summed E-state index contributed by atoms with van der Waals surface area (Å²) in [6.07, 6.45) is 0. The van der Waals surface area contributed by atoms with E-state index in [4.69, 9.17) is 0 Å². The monoisotopic (exact) mass is 181 g/mol. The van der Waals surface area contributed by atoms with Crippen molar-refractivity contribution in [3.05, 3.63) is 28.8 Å². The molecule has 2 heteroatoms. The number of pyridine rings is 1. The average molecular weight is 181 g/mol. The fourth-order valence-corrected chi connectivity index (χ4v) is 1.20. The number of halogens is 1. The van der Waals surface area contributed by atoms with Crippen LogP contribution < -0.4 is 0 Å². The fraction of sp³-hybridized carbons (Fsp3) is 0.545. The van der Waals surface area contributed by atoms with Gasteiger partial charge in [0.05, 0.1) is 5.69 Å². The number of rotatable bonds is 0. The van der Waals surface area contributed by atoms with E-state index < -0.39 is 0 Å². The summed E-state index contributed by atoms with van der Waals surface area (Å²) in [5, 5.41) is 0. The van der Waals surface area contributed by atoms with Crippen LogP contribution in [0, 0.1) is 19.7 Å². The van der Waals surface area contributed by atoms with E-state index in [1.165, 1.54) is 0 Å². The van der Waals surface area contributed by atoms with Crippen molar-refractivity contribution in [2.24, 2.45) is 0 Å². The van der Waals surface area contributed by atoms with Crippen molar-refractivity contribution >= 4 is 0 Å². The molecule has 0 saturated heterocycles. The van der Waals surface area contributed by atoms with Crippen molar-refractivity contribution in [1.82, 2.24) is 4.98 Å². The van der Waals surface area contributed by atoms with Crippen LogP contribution in [0.4, 0.5) is 4.39 Å². The predicted molar refractivity (Wildman–Crippen MR) is 52.4 cm³/mol. The minimum absolute atomic E-state index is 0.0107. The van der Waals surface area contributed by atoms with Crippen molar-refractivity contribution in [3.63, 3.8) is 0 Å². The Morgan fingerprint density at radius 2 is 1.77 bits per heavy atom. The molecule has 1 aromatic heterocycles. The Hall–Kier alpha value is -0.920. The maximum atomic E-state index is 13.2. The van der Waals surface area contributed by atoms with Crippen LogP contribution in [0.5, 0.6) is 0 Å². The molecule has 0 aliphatic heterocycles. The molecule has 0 aromatic carbocycles. The Morgan fingerprint density at radius 3 is 2.15 bits per heavy atom. The number of hydrogen-bond acceptors (Lipinski definition) is 1. The van der Waals surface area contributed by atoms with Gasteiger partial charge in [-0.05, 0) is 25.5 Å². The summed E-state index contributed by atoms with van der Waals surface area (Å²) in [6, 6.07) is 1.82. The lowest BCUT2D eigenvalue weighted by Gasteiger charge is -2.19. The third-order valence-electron chi connectivity index (χ3n) is 2.07. The number of hydrogen-bond donors (Lipinski definition) is 0. The summed E-state index contributed by atoms with van der Waals surface area (Å²) in [5.41, 5.74) is 2.11. The van der Waals surface area contributed by atoms with Gasteiger partial charge in [0.2, 0.25) is 0 Å². The summed E-state index contributed by atoms with van der Waals surface area (Å²) in [7, 11) is 0. The molecule has 1 heterocycles. The van der Waals surface area contributed by atoms with E-state index in [1.807, 2.05) is 6.07 Å². The van der Waals surface area contributed by atoms with Gasteiger partial charge in [-0.15, -0.1) is 0 Å². The minimum atomic E-state index is -0.187. The third kappa shape index (κ3) is 2.06. The van der Waals surface area contributed by atoms with Gasteiger partial charge in [-0.1, -0.05) is 20.8 Å². The van der Waals surface area contributed by atoms with Crippen LogP contribution in [-0.2, 0) is 5.41 Å². The lowest BCUT2D eigenvalue weighted by Crippen LogP contribution is -2.15. The Morgan fingerprint density at radius 1 is 1.23 bits per heavy atom. The molecular weight excluding hydrogens is 165 g/mol. The molecule has 1 nitrogen and oxygen atoms in total. The van der Waals surface area contributed by atoms with E-state index in [0.717, 1.165) is 5.69 Å². The molecule has 0 spiro atoms. The Bertz CT molecular complexity index is 300. The zero-order chi connectivity index (χ0) is 10.2. The van der Waals surface area contributed by atoms with E-state index in [9.17, 15) is 4.39 Å². The maximum Gasteiger partial charge on any atom is 0.147 e. The minimum Gasteiger partial charge on any atom is -0.255 e. The second kappa shape index (κ2) is 3.09. The van der Waals surface area contributed by atoms with Crippen LogP contribution in [-0.4, -0.2) is 4.98 Å². The first-order valence-electron chi connectivity index (χ1n) is 4.46. The van der Waals surface area contributed by atoms with Crippen molar-refractivity contribution < 1.29 is 4.39 Å². The molecule has 72 valence electrons. The van der Waals surface area contributed by atoms with Crippen LogP contribution in [0.3, 0.4) is 0 Å². The van der Waals surface area contributed by atoms with E-state index in [-0.39, 0.29) is 11.2 Å². The molecule has 0 N–H and O–H groups in total. The highest BCUT2D eigenvalue weighted by atomic mass is 19.1. The predicted octanol–water partition coefficient (Wildman–Crippen LogP) is 3.14. The van der Waals surface area contributed by atoms with Gasteiger partial charge >= 0.3 is 0 Å². The quantitative estimate of drug-likeness (QED) is 0.599. The summed E-state index contributed by atoms with van der Waals surface area (Å²) >= 11 is 0. The molecule has 0 aliphatic carbocycles. The zero-order valence-electron chi connectivity index (χ0n) is 8.90. The smallest absolute Gasteiger partial charge is 0.147 e. The second-order valence-corrected chi connectivity index (χ2v) is 4.47. The summed E-state index contributed by atoms with van der Waals surface area (Å²) in [6.45, 7) is 9.71. The Balaban J connectivity index is 3.29. The van der Waals surface area contributed by atoms with Crippen LogP contribution in [0.15, 0.2) is 6.07 Å². The molecular formula is C11H16FN. The molecule has 13 heavy (non-hydrogen) atoms. The molecule has 0 atom stereocenters. The summed E-state index contributed by atoms with van der Waals surface area (Å²) in [4.78, 5) is 4.23. The van der Waals surface area contributed by atoms with Gasteiger partial charge in [0.25, 0.3) is 0 Å². The molecule has 1 aromatic rings. The normalized spacial score (nSPS) is 11.8. The zero-order valence-corrected chi connectivity index (χ0v) is 8.90. The first-order valence-corrected chi connectivity index (χ1v) is 4.46. The third-order valence-corrected chi connectivity index (χ3v) is 2.07. The van der Waals surface area contributed by atoms with Crippen molar-refractivity contribution in [3.8, 4) is 0 Å². The van der Waals surface area contributed by atoms with Gasteiger partial charge in [0.15, 0.2) is 0 Å². The number of nitrogens with zero attached hydrogens (tertiary/aromatic N) is 1. The Kier molecular flexibility index (Phi) is 2.42. The highest BCUT2D eigenvalue weighted by molar-refractivity contribution is 5.25. The maximum absolute atomic E-state index is 13.2. The van der Waals surface area contributed by atoms with E-state index >= 15 is 0 Å². The molecule has 0 unspecified atom stereocenters.